The molecule has 0 bridgehead atoms. The van der Waals surface area contributed by atoms with E-state index in [1.54, 1.807) is 44.2 Å². The van der Waals surface area contributed by atoms with Crippen molar-refractivity contribution in [3.05, 3.63) is 54.2 Å². The van der Waals surface area contributed by atoms with E-state index in [0.717, 1.165) is 11.9 Å². The molecule has 0 aliphatic rings. The molecule has 2 aromatic carbocycles. The number of aliphatic hydroxyl groups excluding tert-OH is 1. The Labute approximate surface area is 165 Å². The summed E-state index contributed by atoms with van der Waals surface area (Å²) in [7, 11) is -3.26. The molecule has 0 aliphatic heterocycles. The topological polar surface area (TPSA) is 111 Å². The maximum absolute atomic E-state index is 11.6. The van der Waals surface area contributed by atoms with Crippen molar-refractivity contribution in [3.63, 3.8) is 0 Å². The zero-order chi connectivity index (χ0) is 20.7. The molecule has 2 rings (SSSR count). The van der Waals surface area contributed by atoms with Crippen molar-refractivity contribution in [1.29, 1.82) is 0 Å². The third kappa shape index (κ3) is 6.79. The molecule has 0 fully saturated rings. The SMILES string of the molecule is C/C(N)=C/CNc1cc(Oc2ccc(S(C)(=O)=O)cc2)cc(O[C@@H](C)CO)c1. The van der Waals surface area contributed by atoms with Crippen LogP contribution in [0.4, 0.5) is 5.69 Å². The Morgan fingerprint density at radius 1 is 1.18 bits per heavy atom. The van der Waals surface area contributed by atoms with Crippen LogP contribution in [0.2, 0.25) is 0 Å². The van der Waals surface area contributed by atoms with Gasteiger partial charge in [0.15, 0.2) is 9.84 Å². The molecule has 152 valence electrons. The van der Waals surface area contributed by atoms with Crippen LogP contribution in [0, 0.1) is 0 Å². The molecule has 0 heterocycles. The van der Waals surface area contributed by atoms with Crippen LogP contribution >= 0.6 is 0 Å². The average molecular weight is 407 g/mol. The van der Waals surface area contributed by atoms with Gasteiger partial charge in [0.1, 0.15) is 23.4 Å². The zero-order valence-electron chi connectivity index (χ0n) is 16.2. The molecule has 1 atom stereocenters. The van der Waals surface area contributed by atoms with Crippen LogP contribution in [0.3, 0.4) is 0 Å². The smallest absolute Gasteiger partial charge is 0.175 e. The summed E-state index contributed by atoms with van der Waals surface area (Å²) in [5.41, 5.74) is 7.10. The van der Waals surface area contributed by atoms with E-state index in [4.69, 9.17) is 15.2 Å². The third-order valence-corrected chi connectivity index (χ3v) is 4.82. The summed E-state index contributed by atoms with van der Waals surface area (Å²) in [4.78, 5) is 0.222. The first kappa shape index (κ1) is 21.6. The lowest BCUT2D eigenvalue weighted by Crippen LogP contribution is -2.16. The number of hydrogen-bond donors (Lipinski definition) is 3. The normalized spacial score (nSPS) is 13.1. The largest absolute Gasteiger partial charge is 0.488 e. The average Bonchev–Trinajstić information content (AvgIpc) is 2.61. The number of ether oxygens (including phenoxy) is 2. The Hall–Kier alpha value is -2.71. The minimum absolute atomic E-state index is 0.115. The lowest BCUT2D eigenvalue weighted by Gasteiger charge is -2.16. The second-order valence-electron chi connectivity index (χ2n) is 6.48. The van der Waals surface area contributed by atoms with E-state index in [1.165, 1.54) is 12.1 Å². The molecular formula is C20H26N2O5S. The Morgan fingerprint density at radius 3 is 2.39 bits per heavy atom. The summed E-state index contributed by atoms with van der Waals surface area (Å²) in [6, 6.07) is 11.5. The van der Waals surface area contributed by atoms with Gasteiger partial charge in [-0.2, -0.15) is 0 Å². The van der Waals surface area contributed by atoms with Crippen LogP contribution in [0.25, 0.3) is 0 Å². The zero-order valence-corrected chi connectivity index (χ0v) is 17.0. The predicted octanol–water partition coefficient (Wildman–Crippen LogP) is 2.92. The summed E-state index contributed by atoms with van der Waals surface area (Å²) in [5, 5.41) is 12.4. The fourth-order valence-electron chi connectivity index (χ4n) is 2.29. The van der Waals surface area contributed by atoms with Crippen molar-refractivity contribution in [2.45, 2.75) is 24.8 Å². The molecule has 2 aromatic rings. The van der Waals surface area contributed by atoms with Gasteiger partial charge in [-0.25, -0.2) is 8.42 Å². The second-order valence-corrected chi connectivity index (χ2v) is 8.49. The van der Waals surface area contributed by atoms with Gasteiger partial charge in [-0.05, 0) is 44.2 Å². The highest BCUT2D eigenvalue weighted by atomic mass is 32.2. The van der Waals surface area contributed by atoms with Crippen molar-refractivity contribution >= 4 is 15.5 Å². The number of anilines is 1. The molecular weight excluding hydrogens is 380 g/mol. The van der Waals surface area contributed by atoms with Gasteiger partial charge in [-0.1, -0.05) is 0 Å². The van der Waals surface area contributed by atoms with Gasteiger partial charge in [0.05, 0.1) is 11.5 Å². The van der Waals surface area contributed by atoms with Crippen LogP contribution in [-0.2, 0) is 9.84 Å². The lowest BCUT2D eigenvalue weighted by molar-refractivity contribution is 0.129. The maximum atomic E-state index is 11.6. The van der Waals surface area contributed by atoms with E-state index >= 15 is 0 Å². The Kier molecular flexibility index (Phi) is 7.31. The highest BCUT2D eigenvalue weighted by Crippen LogP contribution is 2.31. The monoisotopic (exact) mass is 406 g/mol. The van der Waals surface area contributed by atoms with Crippen molar-refractivity contribution in [3.8, 4) is 17.2 Å². The number of benzene rings is 2. The standard InChI is InChI=1S/C20H26N2O5S/c1-14(21)8-9-22-16-10-18(26-15(2)13-23)12-19(11-16)27-17-4-6-20(7-5-17)28(3,24)25/h4-8,10-12,15,22-23H,9,13,21H2,1-3H3/b14-8-/t15-/m0/s1. The molecule has 0 amide bonds. The molecule has 0 saturated carbocycles. The third-order valence-electron chi connectivity index (χ3n) is 3.69. The second kappa shape index (κ2) is 9.48. The minimum Gasteiger partial charge on any atom is -0.488 e. The maximum Gasteiger partial charge on any atom is 0.175 e. The highest BCUT2D eigenvalue weighted by Gasteiger charge is 2.10. The van der Waals surface area contributed by atoms with E-state index < -0.39 is 9.84 Å². The molecule has 0 radical (unpaired) electrons. The van der Waals surface area contributed by atoms with Gasteiger partial charge in [-0.3, -0.25) is 0 Å². The summed E-state index contributed by atoms with van der Waals surface area (Å²) >= 11 is 0. The van der Waals surface area contributed by atoms with Gasteiger partial charge in [0.2, 0.25) is 0 Å². The summed E-state index contributed by atoms with van der Waals surface area (Å²) < 4.78 is 34.7. The molecule has 0 aromatic heterocycles. The number of nitrogens with two attached hydrogens (primary N) is 1. The molecule has 4 N–H and O–H groups in total. The fourth-order valence-corrected chi connectivity index (χ4v) is 2.92. The molecule has 0 saturated heterocycles. The minimum atomic E-state index is -3.26. The van der Waals surface area contributed by atoms with Crippen molar-refractivity contribution < 1.29 is 23.0 Å². The number of rotatable bonds is 9. The molecule has 8 heteroatoms. The van der Waals surface area contributed by atoms with Crippen LogP contribution < -0.4 is 20.5 Å². The van der Waals surface area contributed by atoms with E-state index in [1.807, 2.05) is 6.08 Å². The first-order chi connectivity index (χ1) is 13.2. The summed E-state index contributed by atoms with van der Waals surface area (Å²) in [6.45, 7) is 3.98. The molecule has 0 spiro atoms. The fraction of sp³-hybridized carbons (Fsp3) is 0.300. The Balaban J connectivity index is 2.25. The first-order valence-electron chi connectivity index (χ1n) is 8.74. The highest BCUT2D eigenvalue weighted by molar-refractivity contribution is 7.90. The van der Waals surface area contributed by atoms with Crippen LogP contribution in [0.1, 0.15) is 13.8 Å². The Morgan fingerprint density at radius 2 is 1.82 bits per heavy atom. The molecule has 7 nitrogen and oxygen atoms in total. The molecule has 0 unspecified atom stereocenters. The van der Waals surface area contributed by atoms with Crippen molar-refractivity contribution in [2.75, 3.05) is 24.7 Å². The number of allylic oxidation sites excluding steroid dienone is 1. The molecule has 0 aliphatic carbocycles. The quantitative estimate of drug-likeness (QED) is 0.587. The van der Waals surface area contributed by atoms with Gasteiger partial charge < -0.3 is 25.6 Å². The van der Waals surface area contributed by atoms with E-state index in [9.17, 15) is 13.5 Å². The van der Waals surface area contributed by atoms with E-state index in [2.05, 4.69) is 5.32 Å². The van der Waals surface area contributed by atoms with Crippen molar-refractivity contribution in [2.24, 2.45) is 5.73 Å². The van der Waals surface area contributed by atoms with Crippen LogP contribution in [-0.4, -0.2) is 39.0 Å². The number of aliphatic hydroxyl groups is 1. The van der Waals surface area contributed by atoms with E-state index in [-0.39, 0.29) is 17.6 Å². The van der Waals surface area contributed by atoms with Crippen LogP contribution in [0.15, 0.2) is 59.1 Å². The predicted molar refractivity (Wildman–Crippen MR) is 110 cm³/mol. The Bertz CT molecular complexity index is 920. The van der Waals surface area contributed by atoms with Gasteiger partial charge >= 0.3 is 0 Å². The first-order valence-corrected chi connectivity index (χ1v) is 10.6. The summed E-state index contributed by atoms with van der Waals surface area (Å²) in [5.74, 6) is 1.52. The van der Waals surface area contributed by atoms with E-state index in [0.29, 0.717) is 29.5 Å². The van der Waals surface area contributed by atoms with Crippen LogP contribution in [0.5, 0.6) is 17.2 Å². The number of sulfone groups is 1. The number of hydrogen-bond acceptors (Lipinski definition) is 7. The van der Waals surface area contributed by atoms with Gasteiger partial charge in [0.25, 0.3) is 0 Å². The number of nitrogens with one attached hydrogen (secondary N) is 1. The van der Waals surface area contributed by atoms with Gasteiger partial charge in [-0.15, -0.1) is 0 Å². The van der Waals surface area contributed by atoms with Crippen molar-refractivity contribution in [1.82, 2.24) is 0 Å². The van der Waals surface area contributed by atoms with Gasteiger partial charge in [0, 0.05) is 42.4 Å². The lowest BCUT2D eigenvalue weighted by atomic mass is 10.2. The summed E-state index contributed by atoms with van der Waals surface area (Å²) in [6.07, 6.45) is 2.62. The molecule has 28 heavy (non-hydrogen) atoms.